The van der Waals surface area contributed by atoms with Gasteiger partial charge in [0, 0.05) is 11.6 Å². The summed E-state index contributed by atoms with van der Waals surface area (Å²) < 4.78 is 5.17. The third-order valence-electron chi connectivity index (χ3n) is 3.91. The summed E-state index contributed by atoms with van der Waals surface area (Å²) >= 11 is 0. The highest BCUT2D eigenvalue weighted by atomic mass is 16.6. The Morgan fingerprint density at radius 2 is 2.04 bits per heavy atom. The monoisotopic (exact) mass is 338 g/mol. The first-order valence-electron chi connectivity index (χ1n) is 7.56. The second-order valence-electron chi connectivity index (χ2n) is 5.97. The fraction of sp³-hybridized carbons (Fsp3) is 0.500. The van der Waals surface area contributed by atoms with Crippen molar-refractivity contribution in [2.45, 2.75) is 39.7 Å². The van der Waals surface area contributed by atoms with E-state index in [1.54, 1.807) is 27.7 Å². The lowest BCUT2D eigenvalue weighted by atomic mass is 9.85. The van der Waals surface area contributed by atoms with Crippen molar-refractivity contribution in [3.8, 4) is 5.75 Å². The van der Waals surface area contributed by atoms with Gasteiger partial charge in [-0.3, -0.25) is 19.7 Å². The van der Waals surface area contributed by atoms with E-state index >= 15 is 0 Å². The average Bonchev–Trinajstić information content (AvgIpc) is 2.46. The van der Waals surface area contributed by atoms with Crippen LogP contribution in [0.25, 0.3) is 0 Å². The summed E-state index contributed by atoms with van der Waals surface area (Å²) in [5.41, 5.74) is -1.22. The van der Waals surface area contributed by atoms with Crippen LogP contribution in [0.15, 0.2) is 18.2 Å². The highest BCUT2D eigenvalue weighted by molar-refractivity contribution is 5.96. The number of nitrogens with zero attached hydrogens (tertiary/aromatic N) is 1. The van der Waals surface area contributed by atoms with Gasteiger partial charge in [0.1, 0.15) is 0 Å². The number of benzene rings is 1. The van der Waals surface area contributed by atoms with Crippen LogP contribution in [0.4, 0.5) is 5.69 Å². The third-order valence-corrected chi connectivity index (χ3v) is 3.91. The zero-order valence-corrected chi connectivity index (χ0v) is 14.2. The van der Waals surface area contributed by atoms with Crippen molar-refractivity contribution in [1.82, 2.24) is 5.32 Å². The van der Waals surface area contributed by atoms with Gasteiger partial charge in [-0.1, -0.05) is 13.8 Å². The molecule has 0 bridgehead atoms. The lowest BCUT2D eigenvalue weighted by Gasteiger charge is -2.33. The second-order valence-corrected chi connectivity index (χ2v) is 5.97. The van der Waals surface area contributed by atoms with Gasteiger partial charge in [-0.15, -0.1) is 0 Å². The molecule has 0 spiro atoms. The lowest BCUT2D eigenvalue weighted by molar-refractivity contribution is -0.385. The molecular formula is C16H22N2O6. The molecule has 1 atom stereocenters. The van der Waals surface area contributed by atoms with Gasteiger partial charge in [-0.05, 0) is 31.9 Å². The van der Waals surface area contributed by atoms with Crippen molar-refractivity contribution in [3.05, 3.63) is 33.9 Å². The number of ether oxygens (including phenoxy) is 1. The van der Waals surface area contributed by atoms with Crippen molar-refractivity contribution in [3.63, 3.8) is 0 Å². The largest absolute Gasteiger partial charge is 0.487 e. The highest BCUT2D eigenvalue weighted by Gasteiger charge is 2.33. The number of aliphatic carboxylic acids is 1. The topological polar surface area (TPSA) is 119 Å². The Bertz CT molecular complexity index is 643. The molecule has 1 aromatic rings. The van der Waals surface area contributed by atoms with Crippen molar-refractivity contribution in [2.24, 2.45) is 5.92 Å². The Morgan fingerprint density at radius 3 is 2.50 bits per heavy atom. The maximum atomic E-state index is 12.4. The van der Waals surface area contributed by atoms with Gasteiger partial charge < -0.3 is 15.2 Å². The van der Waals surface area contributed by atoms with Gasteiger partial charge in [-0.25, -0.2) is 0 Å². The van der Waals surface area contributed by atoms with Crippen LogP contribution in [0.5, 0.6) is 5.75 Å². The number of carbonyl (C=O) groups excluding carboxylic acids is 1. The number of nitro benzene ring substituents is 1. The number of hydrogen-bond donors (Lipinski definition) is 2. The molecule has 0 aliphatic rings. The molecular weight excluding hydrogens is 316 g/mol. The van der Waals surface area contributed by atoms with Gasteiger partial charge >= 0.3 is 11.7 Å². The molecule has 24 heavy (non-hydrogen) atoms. The van der Waals surface area contributed by atoms with E-state index in [4.69, 9.17) is 9.84 Å². The van der Waals surface area contributed by atoms with E-state index in [9.17, 15) is 19.7 Å². The summed E-state index contributed by atoms with van der Waals surface area (Å²) in [6.45, 7) is 7.18. The number of nitro groups is 1. The molecule has 0 aromatic heterocycles. The molecule has 0 aliphatic heterocycles. The molecule has 0 fully saturated rings. The summed E-state index contributed by atoms with van der Waals surface area (Å²) in [6, 6.07) is 3.90. The van der Waals surface area contributed by atoms with Crippen LogP contribution in [0.1, 0.15) is 44.5 Å². The quantitative estimate of drug-likeness (QED) is 0.555. The fourth-order valence-electron chi connectivity index (χ4n) is 2.12. The molecule has 0 radical (unpaired) electrons. The first-order valence-corrected chi connectivity index (χ1v) is 7.56. The molecule has 1 amide bonds. The molecule has 8 nitrogen and oxygen atoms in total. The van der Waals surface area contributed by atoms with E-state index in [-0.39, 0.29) is 35.9 Å². The molecule has 0 saturated carbocycles. The van der Waals surface area contributed by atoms with Gasteiger partial charge in [0.2, 0.25) is 0 Å². The molecule has 132 valence electrons. The highest BCUT2D eigenvalue weighted by Crippen LogP contribution is 2.29. The summed E-state index contributed by atoms with van der Waals surface area (Å²) in [4.78, 5) is 34.0. The SMILES string of the molecule is CCOc1ccc(C(=O)NC(C)(CC(=O)O)C(C)C)cc1[N+](=O)[O-]. The predicted octanol–water partition coefficient (Wildman–Crippen LogP) is 2.61. The zero-order valence-electron chi connectivity index (χ0n) is 14.2. The van der Waals surface area contributed by atoms with E-state index < -0.39 is 22.3 Å². The van der Waals surface area contributed by atoms with Crippen LogP contribution < -0.4 is 10.1 Å². The number of amides is 1. The van der Waals surface area contributed by atoms with Gasteiger partial charge in [-0.2, -0.15) is 0 Å². The van der Waals surface area contributed by atoms with Crippen molar-refractivity contribution in [1.29, 1.82) is 0 Å². The Hall–Kier alpha value is -2.64. The minimum absolute atomic E-state index is 0.0717. The smallest absolute Gasteiger partial charge is 0.311 e. The Balaban J connectivity index is 3.12. The summed E-state index contributed by atoms with van der Waals surface area (Å²) in [5, 5.41) is 22.8. The molecule has 0 saturated heterocycles. The third kappa shape index (κ3) is 4.68. The van der Waals surface area contributed by atoms with Crippen molar-refractivity contribution in [2.75, 3.05) is 6.61 Å². The van der Waals surface area contributed by atoms with Crippen LogP contribution in [0, 0.1) is 16.0 Å². The van der Waals surface area contributed by atoms with Gasteiger partial charge in [0.25, 0.3) is 5.91 Å². The number of carboxylic acid groups (broad SMARTS) is 1. The number of hydrogen-bond acceptors (Lipinski definition) is 5. The Kier molecular flexibility index (Phi) is 6.27. The molecule has 1 rings (SSSR count). The molecule has 0 heterocycles. The van der Waals surface area contributed by atoms with Gasteiger partial charge in [0.05, 0.1) is 23.5 Å². The van der Waals surface area contributed by atoms with Crippen LogP contribution in [-0.4, -0.2) is 34.1 Å². The van der Waals surface area contributed by atoms with E-state index in [2.05, 4.69) is 5.32 Å². The number of nitrogens with one attached hydrogen (secondary N) is 1. The number of carboxylic acids is 1. The van der Waals surface area contributed by atoms with Crippen LogP contribution >= 0.6 is 0 Å². The van der Waals surface area contributed by atoms with Crippen LogP contribution in [-0.2, 0) is 4.79 Å². The first-order chi connectivity index (χ1) is 11.1. The predicted molar refractivity (Wildman–Crippen MR) is 87.2 cm³/mol. The van der Waals surface area contributed by atoms with E-state index in [1.165, 1.54) is 12.1 Å². The molecule has 8 heteroatoms. The van der Waals surface area contributed by atoms with Crippen molar-refractivity contribution >= 4 is 17.6 Å². The minimum Gasteiger partial charge on any atom is -0.487 e. The van der Waals surface area contributed by atoms with E-state index in [1.807, 2.05) is 0 Å². The number of rotatable bonds is 8. The average molecular weight is 338 g/mol. The van der Waals surface area contributed by atoms with Crippen molar-refractivity contribution < 1.29 is 24.4 Å². The summed E-state index contributed by atoms with van der Waals surface area (Å²) in [5.74, 6) is -1.67. The first kappa shape index (κ1) is 19.4. The number of carbonyl (C=O) groups is 2. The standard InChI is InChI=1S/C16H22N2O6/c1-5-24-13-7-6-11(8-12(13)18(22)23)15(21)17-16(4,10(2)3)9-14(19)20/h6-8,10H,5,9H2,1-4H3,(H,17,21)(H,19,20). The second kappa shape index (κ2) is 7.76. The maximum Gasteiger partial charge on any atom is 0.311 e. The Morgan fingerprint density at radius 1 is 1.42 bits per heavy atom. The molecule has 2 N–H and O–H groups in total. The fourth-order valence-corrected chi connectivity index (χ4v) is 2.12. The van der Waals surface area contributed by atoms with E-state index in [0.717, 1.165) is 6.07 Å². The molecule has 1 aromatic carbocycles. The normalized spacial score (nSPS) is 13.2. The lowest BCUT2D eigenvalue weighted by Crippen LogP contribution is -2.51. The van der Waals surface area contributed by atoms with Crippen LogP contribution in [0.3, 0.4) is 0 Å². The van der Waals surface area contributed by atoms with E-state index in [0.29, 0.717) is 0 Å². The molecule has 0 aliphatic carbocycles. The summed E-state index contributed by atoms with van der Waals surface area (Å²) in [6.07, 6.45) is -0.254. The maximum absolute atomic E-state index is 12.4. The Labute approximate surface area is 140 Å². The van der Waals surface area contributed by atoms with Crippen LogP contribution in [0.2, 0.25) is 0 Å². The summed E-state index contributed by atoms with van der Waals surface area (Å²) in [7, 11) is 0. The minimum atomic E-state index is -1.04. The molecule has 1 unspecified atom stereocenters. The zero-order chi connectivity index (χ0) is 18.5. The van der Waals surface area contributed by atoms with Gasteiger partial charge in [0.15, 0.2) is 5.75 Å².